The highest BCUT2D eigenvalue weighted by atomic mass is 32.1. The Balaban J connectivity index is 1.50. The van der Waals surface area contributed by atoms with Crippen molar-refractivity contribution < 1.29 is 14.3 Å². The molecule has 0 spiro atoms. The van der Waals surface area contributed by atoms with Gasteiger partial charge in [-0.05, 0) is 68.2 Å². The van der Waals surface area contributed by atoms with E-state index in [1.165, 1.54) is 40.2 Å². The number of aryl methyl sites for hydroxylation is 3. The molecule has 4 nitrogen and oxygen atoms in total. The molecular weight excluding hydrogens is 358 g/mol. The summed E-state index contributed by atoms with van der Waals surface area (Å²) >= 11 is 1.53. The van der Waals surface area contributed by atoms with Gasteiger partial charge in [0.1, 0.15) is 4.88 Å². The summed E-state index contributed by atoms with van der Waals surface area (Å²) < 4.78 is 5.67. The van der Waals surface area contributed by atoms with Crippen LogP contribution in [0.4, 0.5) is 5.69 Å². The third kappa shape index (κ3) is 3.65. The molecule has 0 saturated carbocycles. The van der Waals surface area contributed by atoms with Crippen molar-refractivity contribution in [1.29, 1.82) is 0 Å². The first kappa shape index (κ1) is 18.2. The summed E-state index contributed by atoms with van der Waals surface area (Å²) in [7, 11) is 0. The molecule has 2 aliphatic rings. The molecule has 0 radical (unpaired) electrons. The smallest absolute Gasteiger partial charge is 0.349 e. The number of amides is 1. The number of thiophene rings is 1. The Morgan fingerprint density at radius 3 is 2.70 bits per heavy atom. The van der Waals surface area contributed by atoms with Crippen molar-refractivity contribution in [2.75, 3.05) is 11.4 Å². The highest BCUT2D eigenvalue weighted by Crippen LogP contribution is 2.31. The second-order valence-corrected chi connectivity index (χ2v) is 8.43. The number of hydrogen-bond donors (Lipinski definition) is 0. The number of anilines is 1. The Morgan fingerprint density at radius 2 is 1.89 bits per heavy atom. The monoisotopic (exact) mass is 383 g/mol. The number of nitrogens with zero attached hydrogens (tertiary/aromatic N) is 1. The Morgan fingerprint density at radius 1 is 1.11 bits per heavy atom. The molecule has 142 valence electrons. The molecule has 0 fully saturated rings. The summed E-state index contributed by atoms with van der Waals surface area (Å²) in [6.45, 7) is 2.57. The van der Waals surface area contributed by atoms with Gasteiger partial charge in [0.15, 0.2) is 6.10 Å². The summed E-state index contributed by atoms with van der Waals surface area (Å²) in [6, 6.07) is 9.97. The van der Waals surface area contributed by atoms with E-state index in [1.54, 1.807) is 4.90 Å². The van der Waals surface area contributed by atoms with Crippen LogP contribution >= 0.6 is 11.3 Å². The van der Waals surface area contributed by atoms with Crippen LogP contribution in [0.1, 0.15) is 58.3 Å². The average molecular weight is 384 g/mol. The number of benzene rings is 1. The quantitative estimate of drug-likeness (QED) is 0.728. The summed E-state index contributed by atoms with van der Waals surface area (Å²) in [4.78, 5) is 29.5. The molecule has 5 heteroatoms. The van der Waals surface area contributed by atoms with Gasteiger partial charge >= 0.3 is 5.97 Å². The predicted octanol–water partition coefficient (Wildman–Crippen LogP) is 4.54. The van der Waals surface area contributed by atoms with Crippen LogP contribution < -0.4 is 4.90 Å². The molecular formula is C22H25NO3S. The summed E-state index contributed by atoms with van der Waals surface area (Å²) in [6.07, 6.45) is 6.13. The van der Waals surface area contributed by atoms with Crippen LogP contribution in [0.2, 0.25) is 0 Å². The van der Waals surface area contributed by atoms with Crippen LogP contribution in [-0.4, -0.2) is 24.5 Å². The number of para-hydroxylation sites is 1. The molecule has 1 aromatic carbocycles. The maximum atomic E-state index is 13.1. The van der Waals surface area contributed by atoms with Gasteiger partial charge in [-0.15, -0.1) is 11.3 Å². The minimum Gasteiger partial charge on any atom is -0.448 e. The molecule has 27 heavy (non-hydrogen) atoms. The van der Waals surface area contributed by atoms with Gasteiger partial charge in [-0.1, -0.05) is 25.1 Å². The SMILES string of the molecule is CCC(OC(=O)c1cc2c(s1)CCCC2)C(=O)N1CCCc2ccccc21. The van der Waals surface area contributed by atoms with Gasteiger partial charge < -0.3 is 9.64 Å². The van der Waals surface area contributed by atoms with E-state index in [0.717, 1.165) is 31.4 Å². The van der Waals surface area contributed by atoms with Crippen LogP contribution in [0.25, 0.3) is 0 Å². The Bertz CT molecular complexity index is 833. The van der Waals surface area contributed by atoms with E-state index in [9.17, 15) is 9.59 Å². The van der Waals surface area contributed by atoms with Gasteiger partial charge in [0, 0.05) is 17.1 Å². The number of rotatable bonds is 4. The van der Waals surface area contributed by atoms with Crippen LogP contribution in [-0.2, 0) is 28.8 Å². The predicted molar refractivity (Wildman–Crippen MR) is 108 cm³/mol. The maximum absolute atomic E-state index is 13.1. The van der Waals surface area contributed by atoms with Gasteiger partial charge in [0.25, 0.3) is 5.91 Å². The number of hydrogen-bond acceptors (Lipinski definition) is 4. The van der Waals surface area contributed by atoms with E-state index < -0.39 is 6.10 Å². The van der Waals surface area contributed by atoms with Gasteiger partial charge in [-0.3, -0.25) is 4.79 Å². The first-order valence-corrected chi connectivity index (χ1v) is 10.7. The molecule has 2 heterocycles. The molecule has 1 aliphatic heterocycles. The highest BCUT2D eigenvalue weighted by Gasteiger charge is 2.31. The lowest BCUT2D eigenvalue weighted by molar-refractivity contribution is -0.127. The zero-order valence-corrected chi connectivity index (χ0v) is 16.5. The van der Waals surface area contributed by atoms with Gasteiger partial charge in [-0.2, -0.15) is 0 Å². The van der Waals surface area contributed by atoms with E-state index >= 15 is 0 Å². The lowest BCUT2D eigenvalue weighted by Gasteiger charge is -2.31. The topological polar surface area (TPSA) is 46.6 Å². The molecule has 1 amide bonds. The zero-order chi connectivity index (χ0) is 18.8. The van der Waals surface area contributed by atoms with Crippen molar-refractivity contribution in [2.45, 2.75) is 58.0 Å². The van der Waals surface area contributed by atoms with E-state index in [-0.39, 0.29) is 11.9 Å². The third-order valence-corrected chi connectivity index (χ3v) is 6.69. The van der Waals surface area contributed by atoms with E-state index in [0.29, 0.717) is 17.8 Å². The molecule has 0 N–H and O–H groups in total. The molecule has 0 saturated heterocycles. The summed E-state index contributed by atoms with van der Waals surface area (Å²) in [5.41, 5.74) is 3.42. The molecule has 2 aromatic rings. The first-order chi connectivity index (χ1) is 13.2. The van der Waals surface area contributed by atoms with Crippen molar-refractivity contribution in [3.63, 3.8) is 0 Å². The molecule has 1 unspecified atom stereocenters. The fraction of sp³-hybridized carbons (Fsp3) is 0.455. The van der Waals surface area contributed by atoms with Crippen molar-refractivity contribution in [2.24, 2.45) is 0 Å². The molecule has 4 rings (SSSR count). The van der Waals surface area contributed by atoms with Crippen molar-refractivity contribution in [1.82, 2.24) is 0 Å². The lowest BCUT2D eigenvalue weighted by Crippen LogP contribution is -2.43. The van der Waals surface area contributed by atoms with E-state index in [4.69, 9.17) is 4.74 Å². The van der Waals surface area contributed by atoms with Crippen molar-refractivity contribution in [3.8, 4) is 0 Å². The highest BCUT2D eigenvalue weighted by molar-refractivity contribution is 7.14. The Hall–Kier alpha value is -2.14. The van der Waals surface area contributed by atoms with Gasteiger partial charge in [0.2, 0.25) is 0 Å². The van der Waals surface area contributed by atoms with Crippen LogP contribution in [0.15, 0.2) is 30.3 Å². The number of fused-ring (bicyclic) bond motifs is 2. The number of esters is 1. The molecule has 1 aromatic heterocycles. The Kier molecular flexibility index (Phi) is 5.30. The van der Waals surface area contributed by atoms with Crippen molar-refractivity contribution >= 4 is 28.9 Å². The van der Waals surface area contributed by atoms with E-state index in [1.807, 2.05) is 31.2 Å². The normalized spacial score (nSPS) is 17.0. The largest absolute Gasteiger partial charge is 0.448 e. The maximum Gasteiger partial charge on any atom is 0.349 e. The third-order valence-electron chi connectivity index (χ3n) is 5.47. The molecule has 1 atom stereocenters. The van der Waals surface area contributed by atoms with E-state index in [2.05, 4.69) is 6.07 Å². The second-order valence-electron chi connectivity index (χ2n) is 7.29. The standard InChI is InChI=1S/C22H25NO3S/c1-2-18(21(24)23-13-7-10-15-8-3-5-11-17(15)23)26-22(25)20-14-16-9-4-6-12-19(16)27-20/h3,5,8,11,14,18H,2,4,6-7,9-10,12-13H2,1H3. The first-order valence-electron chi connectivity index (χ1n) is 9.89. The minimum atomic E-state index is -0.734. The van der Waals surface area contributed by atoms with Crippen LogP contribution in [0, 0.1) is 0 Å². The van der Waals surface area contributed by atoms with Crippen molar-refractivity contribution in [3.05, 3.63) is 51.2 Å². The second kappa shape index (κ2) is 7.85. The van der Waals surface area contributed by atoms with Gasteiger partial charge in [0.05, 0.1) is 0 Å². The fourth-order valence-corrected chi connectivity index (χ4v) is 5.16. The average Bonchev–Trinajstić information content (AvgIpc) is 3.15. The lowest BCUT2D eigenvalue weighted by atomic mass is 9.99. The number of ether oxygens (including phenoxy) is 1. The summed E-state index contributed by atoms with van der Waals surface area (Å²) in [5.74, 6) is -0.473. The Labute approximate surface area is 164 Å². The minimum absolute atomic E-state index is 0.112. The number of carbonyl (C=O) groups excluding carboxylic acids is 2. The van der Waals surface area contributed by atoms with Crippen LogP contribution in [0.5, 0.6) is 0 Å². The molecule has 0 bridgehead atoms. The fourth-order valence-electron chi connectivity index (χ4n) is 4.02. The van der Waals surface area contributed by atoms with Crippen LogP contribution in [0.3, 0.4) is 0 Å². The summed E-state index contributed by atoms with van der Waals surface area (Å²) in [5, 5.41) is 0. The number of carbonyl (C=O) groups is 2. The molecule has 1 aliphatic carbocycles. The zero-order valence-electron chi connectivity index (χ0n) is 15.7. The van der Waals surface area contributed by atoms with Gasteiger partial charge in [-0.25, -0.2) is 4.79 Å².